The summed E-state index contributed by atoms with van der Waals surface area (Å²) in [6, 6.07) is 25.5. The summed E-state index contributed by atoms with van der Waals surface area (Å²) < 4.78 is 28.6. The van der Waals surface area contributed by atoms with Gasteiger partial charge in [0.05, 0.1) is 10.6 Å². The molecule has 5 N–H and O–H groups in total. The summed E-state index contributed by atoms with van der Waals surface area (Å²) in [7, 11) is -3.74. The van der Waals surface area contributed by atoms with Crippen LogP contribution in [0.25, 0.3) is 11.3 Å². The molecule has 0 aliphatic rings. The normalized spacial score (nSPS) is 12.2. The van der Waals surface area contributed by atoms with Crippen LogP contribution < -0.4 is 20.9 Å². The molecule has 0 aliphatic carbocycles. The fraction of sp³-hybridized carbons (Fsp3) is 0.120. The smallest absolute Gasteiger partial charge is 0.238 e. The van der Waals surface area contributed by atoms with E-state index in [4.69, 9.17) is 15.6 Å². The first-order chi connectivity index (χ1) is 16.4. The van der Waals surface area contributed by atoms with Gasteiger partial charge in [0.15, 0.2) is 0 Å². The average Bonchev–Trinajstić information content (AvgIpc) is 2.84. The van der Waals surface area contributed by atoms with E-state index < -0.39 is 10.0 Å². The van der Waals surface area contributed by atoms with Gasteiger partial charge in [0.2, 0.25) is 16.0 Å². The Morgan fingerprint density at radius 3 is 2.29 bits per heavy atom. The molecule has 0 aliphatic heterocycles. The maximum Gasteiger partial charge on any atom is 0.238 e. The monoisotopic (exact) mass is 475 g/mol. The zero-order chi connectivity index (χ0) is 24.0. The number of anilines is 2. The van der Waals surface area contributed by atoms with E-state index in [0.717, 1.165) is 23.4 Å². The van der Waals surface area contributed by atoms with Crippen molar-refractivity contribution in [3.05, 3.63) is 96.7 Å². The molecule has 1 aromatic heterocycles. The van der Waals surface area contributed by atoms with E-state index in [0.29, 0.717) is 18.2 Å². The van der Waals surface area contributed by atoms with Gasteiger partial charge in [0.25, 0.3) is 0 Å². The highest BCUT2D eigenvalue weighted by Gasteiger charge is 2.09. The summed E-state index contributed by atoms with van der Waals surface area (Å²) in [5.41, 5.74) is 9.65. The number of nitrogens with one attached hydrogen (secondary N) is 1. The number of rotatable bonds is 9. The van der Waals surface area contributed by atoms with Crippen molar-refractivity contribution in [1.29, 1.82) is 0 Å². The summed E-state index contributed by atoms with van der Waals surface area (Å²) >= 11 is 0. The van der Waals surface area contributed by atoms with Gasteiger partial charge < -0.3 is 15.8 Å². The summed E-state index contributed by atoms with van der Waals surface area (Å²) in [5.74, 6) is 1.11. The molecule has 0 amide bonds. The lowest BCUT2D eigenvalue weighted by atomic mass is 10.1. The molecule has 0 radical (unpaired) electrons. The zero-order valence-electron chi connectivity index (χ0n) is 18.3. The maximum absolute atomic E-state index is 11.4. The summed E-state index contributed by atoms with van der Waals surface area (Å²) in [5, 5.41) is 8.19. The molecule has 1 unspecified atom stereocenters. The molecule has 174 valence electrons. The van der Waals surface area contributed by atoms with Gasteiger partial charge >= 0.3 is 0 Å². The van der Waals surface area contributed by atoms with Gasteiger partial charge in [0, 0.05) is 23.5 Å². The molecule has 1 heterocycles. The number of aromatic nitrogens is 2. The number of hydrogen-bond acceptors (Lipinski definition) is 7. The van der Waals surface area contributed by atoms with Crippen molar-refractivity contribution in [2.24, 2.45) is 10.9 Å². The second kappa shape index (κ2) is 10.4. The van der Waals surface area contributed by atoms with Gasteiger partial charge in [0.1, 0.15) is 12.4 Å². The minimum absolute atomic E-state index is 0.0380. The molecule has 0 saturated heterocycles. The topological polar surface area (TPSA) is 133 Å². The van der Waals surface area contributed by atoms with Crippen LogP contribution in [0.5, 0.6) is 5.75 Å². The van der Waals surface area contributed by atoms with Crippen LogP contribution in [-0.2, 0) is 16.4 Å². The molecule has 8 nitrogen and oxygen atoms in total. The lowest BCUT2D eigenvalue weighted by Gasteiger charge is -2.13. The Morgan fingerprint density at radius 1 is 0.912 bits per heavy atom. The molecule has 4 rings (SSSR count). The van der Waals surface area contributed by atoms with Crippen molar-refractivity contribution in [3.8, 4) is 17.0 Å². The molecule has 4 aromatic rings. The van der Waals surface area contributed by atoms with E-state index in [1.165, 1.54) is 17.7 Å². The molecule has 1 atom stereocenters. The van der Waals surface area contributed by atoms with E-state index in [9.17, 15) is 8.42 Å². The van der Waals surface area contributed by atoms with Gasteiger partial charge in [-0.15, -0.1) is 0 Å². The Morgan fingerprint density at radius 2 is 1.62 bits per heavy atom. The Hall–Kier alpha value is -3.79. The summed E-state index contributed by atoms with van der Waals surface area (Å²) in [6.07, 6.45) is 2.40. The summed E-state index contributed by atoms with van der Waals surface area (Å²) in [4.78, 5) is 8.80. The first-order valence-corrected chi connectivity index (χ1v) is 12.2. The van der Waals surface area contributed by atoms with E-state index in [2.05, 4.69) is 27.4 Å². The quantitative estimate of drug-likeness (QED) is 0.337. The predicted molar refractivity (Wildman–Crippen MR) is 132 cm³/mol. The molecule has 0 spiro atoms. The van der Waals surface area contributed by atoms with Crippen molar-refractivity contribution in [3.63, 3.8) is 0 Å². The lowest BCUT2D eigenvalue weighted by molar-refractivity contribution is 0.287. The predicted octanol–water partition coefficient (Wildman–Crippen LogP) is 3.48. The lowest BCUT2D eigenvalue weighted by Crippen LogP contribution is -2.30. The van der Waals surface area contributed by atoms with Crippen molar-refractivity contribution < 1.29 is 13.2 Å². The number of ether oxygens (including phenoxy) is 1. The number of benzene rings is 3. The fourth-order valence-corrected chi connectivity index (χ4v) is 3.85. The van der Waals surface area contributed by atoms with E-state index in [-0.39, 0.29) is 10.9 Å². The third kappa shape index (κ3) is 6.38. The van der Waals surface area contributed by atoms with Crippen molar-refractivity contribution in [2.45, 2.75) is 17.4 Å². The van der Waals surface area contributed by atoms with Crippen molar-refractivity contribution in [2.75, 3.05) is 11.9 Å². The Kier molecular flexibility index (Phi) is 7.17. The molecular weight excluding hydrogens is 450 g/mol. The van der Waals surface area contributed by atoms with Crippen molar-refractivity contribution >= 4 is 21.7 Å². The van der Waals surface area contributed by atoms with Crippen LogP contribution in [0.1, 0.15) is 5.56 Å². The zero-order valence-corrected chi connectivity index (χ0v) is 19.2. The van der Waals surface area contributed by atoms with Crippen molar-refractivity contribution in [1.82, 2.24) is 9.97 Å². The minimum atomic E-state index is -3.74. The number of nitrogens with two attached hydrogens (primary N) is 2. The van der Waals surface area contributed by atoms with Crippen LogP contribution >= 0.6 is 0 Å². The van der Waals surface area contributed by atoms with Gasteiger partial charge in [-0.3, -0.25) is 0 Å². The van der Waals surface area contributed by atoms with Crippen LogP contribution in [0.2, 0.25) is 0 Å². The second-order valence-electron chi connectivity index (χ2n) is 7.75. The first kappa shape index (κ1) is 23.4. The van der Waals surface area contributed by atoms with Gasteiger partial charge in [-0.2, -0.15) is 0 Å². The summed E-state index contributed by atoms with van der Waals surface area (Å²) in [6.45, 7) is 0.417. The molecule has 0 saturated carbocycles. The highest BCUT2D eigenvalue weighted by Crippen LogP contribution is 2.23. The van der Waals surface area contributed by atoms with Crippen LogP contribution in [0.4, 0.5) is 11.6 Å². The third-order valence-electron chi connectivity index (χ3n) is 5.05. The Balaban J connectivity index is 1.37. The fourth-order valence-electron chi connectivity index (χ4n) is 3.34. The number of hydrogen-bond donors (Lipinski definition) is 3. The molecular formula is C25H25N5O3S. The third-order valence-corrected chi connectivity index (χ3v) is 5.98. The van der Waals surface area contributed by atoms with E-state index in [1.54, 1.807) is 24.4 Å². The van der Waals surface area contributed by atoms with Gasteiger partial charge in [-0.1, -0.05) is 30.3 Å². The van der Waals surface area contributed by atoms with Crippen LogP contribution in [-0.4, -0.2) is 31.0 Å². The highest BCUT2D eigenvalue weighted by atomic mass is 32.2. The molecule has 34 heavy (non-hydrogen) atoms. The number of nitrogens with zero attached hydrogens (tertiary/aromatic N) is 2. The van der Waals surface area contributed by atoms with E-state index in [1.807, 2.05) is 42.5 Å². The SMILES string of the molecule is NC(COc1ccc(-c2ccnc(Nc3ccc(S(N)(=O)=O)cc3)n2)cc1)Cc1ccccc1. The van der Waals surface area contributed by atoms with Crippen LogP contribution in [0.15, 0.2) is 96.0 Å². The molecule has 0 bridgehead atoms. The molecule has 9 heteroatoms. The van der Waals surface area contributed by atoms with Gasteiger partial charge in [-0.25, -0.2) is 23.5 Å². The number of sulfonamides is 1. The van der Waals surface area contributed by atoms with Gasteiger partial charge in [-0.05, 0) is 66.6 Å². The Labute approximate surface area is 198 Å². The largest absolute Gasteiger partial charge is 0.492 e. The minimum Gasteiger partial charge on any atom is -0.492 e. The second-order valence-corrected chi connectivity index (χ2v) is 9.31. The van der Waals surface area contributed by atoms with E-state index >= 15 is 0 Å². The first-order valence-electron chi connectivity index (χ1n) is 10.6. The Bertz CT molecular complexity index is 1330. The highest BCUT2D eigenvalue weighted by molar-refractivity contribution is 7.89. The number of primary sulfonamides is 1. The van der Waals surface area contributed by atoms with Crippen LogP contribution in [0, 0.1) is 0 Å². The standard InChI is InChI=1S/C25H25N5O3S/c26-20(16-18-4-2-1-3-5-18)17-33-22-10-6-19(7-11-22)24-14-15-28-25(30-24)29-21-8-12-23(13-9-21)34(27,31)32/h1-15,20H,16-17,26H2,(H2,27,31,32)(H,28,29,30). The molecule has 0 fully saturated rings. The maximum atomic E-state index is 11.4. The average molecular weight is 476 g/mol. The van der Waals surface area contributed by atoms with Crippen LogP contribution in [0.3, 0.4) is 0 Å². The molecule has 3 aromatic carbocycles.